The second-order valence-corrected chi connectivity index (χ2v) is 9.32. The number of benzene rings is 1. The number of nitrogens with zero attached hydrogens (tertiary/aromatic N) is 5. The van der Waals surface area contributed by atoms with Gasteiger partial charge >= 0.3 is 0 Å². The molecule has 3 aromatic heterocycles. The number of likely N-dealkylation sites (tertiary alicyclic amines) is 1. The van der Waals surface area contributed by atoms with Gasteiger partial charge in [0.25, 0.3) is 0 Å². The summed E-state index contributed by atoms with van der Waals surface area (Å²) in [5.41, 5.74) is 9.21. The highest BCUT2D eigenvalue weighted by Crippen LogP contribution is 2.30. The Labute approximate surface area is 193 Å². The minimum absolute atomic E-state index is 0.000981. The number of aromatic nitrogens is 4. The average molecular weight is 447 g/mol. The van der Waals surface area contributed by atoms with E-state index in [2.05, 4.69) is 34.3 Å². The van der Waals surface area contributed by atoms with Crippen LogP contribution in [0, 0.1) is 0 Å². The van der Waals surface area contributed by atoms with Crippen molar-refractivity contribution >= 4 is 16.6 Å². The van der Waals surface area contributed by atoms with E-state index < -0.39 is 5.54 Å². The van der Waals surface area contributed by atoms with Crippen LogP contribution >= 0.6 is 0 Å². The van der Waals surface area contributed by atoms with Gasteiger partial charge in [-0.25, -0.2) is 4.98 Å². The third kappa shape index (κ3) is 4.06. The molecule has 33 heavy (non-hydrogen) atoms. The maximum Gasteiger partial charge on any atom is 0.187 e. The molecule has 8 nitrogen and oxygen atoms in total. The first-order chi connectivity index (χ1) is 15.9. The third-order valence-electron chi connectivity index (χ3n) is 6.46. The highest BCUT2D eigenvalue weighted by Gasteiger charge is 2.36. The summed E-state index contributed by atoms with van der Waals surface area (Å²) in [6.45, 7) is 7.71. The van der Waals surface area contributed by atoms with Crippen molar-refractivity contribution < 1.29 is 9.84 Å². The molecular weight excluding hydrogens is 416 g/mol. The van der Waals surface area contributed by atoms with Crippen LogP contribution in [0.2, 0.25) is 0 Å². The number of hydrogen-bond acceptors (Lipinski definition) is 7. The SMILES string of the molecule is CC(C)Oc1cccc2ccc(-c3nnc4ccc([C@H](C)N5CCC(N)(CO)C5)cn34)nc12. The highest BCUT2D eigenvalue weighted by molar-refractivity contribution is 5.86. The van der Waals surface area contributed by atoms with Gasteiger partial charge in [0.1, 0.15) is 17.0 Å². The minimum atomic E-state index is -0.523. The summed E-state index contributed by atoms with van der Waals surface area (Å²) in [4.78, 5) is 7.21. The maximum absolute atomic E-state index is 9.63. The molecule has 1 aliphatic heterocycles. The molecule has 172 valence electrons. The van der Waals surface area contributed by atoms with Crippen LogP contribution in [0.15, 0.2) is 48.7 Å². The lowest BCUT2D eigenvalue weighted by Crippen LogP contribution is -2.46. The molecule has 2 atom stereocenters. The van der Waals surface area contributed by atoms with Gasteiger partial charge in [-0.1, -0.05) is 24.3 Å². The molecule has 0 aliphatic carbocycles. The van der Waals surface area contributed by atoms with Gasteiger partial charge in [0, 0.05) is 30.7 Å². The van der Waals surface area contributed by atoms with Gasteiger partial charge in [0.05, 0.1) is 18.2 Å². The van der Waals surface area contributed by atoms with Crippen LogP contribution in [0.3, 0.4) is 0 Å². The number of pyridine rings is 2. The van der Waals surface area contributed by atoms with Crippen molar-refractivity contribution in [3.8, 4) is 17.3 Å². The van der Waals surface area contributed by atoms with Crippen LogP contribution in [0.4, 0.5) is 0 Å². The number of hydrogen-bond donors (Lipinski definition) is 2. The lowest BCUT2D eigenvalue weighted by atomic mass is 10.0. The van der Waals surface area contributed by atoms with Gasteiger partial charge in [-0.3, -0.25) is 9.30 Å². The predicted octanol–water partition coefficient (Wildman–Crippen LogP) is 3.19. The first-order valence-corrected chi connectivity index (χ1v) is 11.4. The summed E-state index contributed by atoms with van der Waals surface area (Å²) in [5, 5.41) is 19.4. The Morgan fingerprint density at radius 1 is 1.12 bits per heavy atom. The molecule has 1 aromatic carbocycles. The molecule has 0 radical (unpaired) electrons. The van der Waals surface area contributed by atoms with Gasteiger partial charge in [0.2, 0.25) is 0 Å². The van der Waals surface area contributed by atoms with Crippen molar-refractivity contribution in [2.45, 2.75) is 44.9 Å². The van der Waals surface area contributed by atoms with Crippen LogP contribution in [-0.2, 0) is 0 Å². The molecule has 1 fully saturated rings. The van der Waals surface area contributed by atoms with E-state index in [0.29, 0.717) is 12.4 Å². The molecule has 8 heteroatoms. The fraction of sp³-hybridized carbons (Fsp3) is 0.400. The fourth-order valence-electron chi connectivity index (χ4n) is 4.52. The van der Waals surface area contributed by atoms with E-state index in [9.17, 15) is 5.11 Å². The number of fused-ring (bicyclic) bond motifs is 2. The van der Waals surface area contributed by atoms with Gasteiger partial charge in [-0.2, -0.15) is 0 Å². The Morgan fingerprint density at radius 3 is 2.73 bits per heavy atom. The van der Waals surface area contributed by atoms with Crippen molar-refractivity contribution in [3.05, 3.63) is 54.2 Å². The standard InChI is InChI=1S/C25H30N6O2/c1-16(2)33-21-6-4-5-18-7-9-20(27-23(18)21)24-29-28-22-10-8-19(13-31(22)24)17(3)30-12-11-25(26,14-30)15-32/h4-10,13,16-17,32H,11-12,14-15,26H2,1-3H3/t17-,25?/m0/s1. The van der Waals surface area contributed by atoms with Gasteiger partial charge < -0.3 is 15.6 Å². The Bertz CT molecular complexity index is 1300. The summed E-state index contributed by atoms with van der Waals surface area (Å²) < 4.78 is 7.97. The van der Waals surface area contributed by atoms with Crippen molar-refractivity contribution in [1.29, 1.82) is 0 Å². The van der Waals surface area contributed by atoms with Gasteiger partial charge in [-0.05, 0) is 51.0 Å². The van der Waals surface area contributed by atoms with Crippen molar-refractivity contribution in [1.82, 2.24) is 24.5 Å². The largest absolute Gasteiger partial charge is 0.489 e. The Morgan fingerprint density at radius 2 is 1.97 bits per heavy atom. The topological polar surface area (TPSA) is 102 Å². The highest BCUT2D eigenvalue weighted by atomic mass is 16.5. The molecule has 5 rings (SSSR count). The third-order valence-corrected chi connectivity index (χ3v) is 6.46. The lowest BCUT2D eigenvalue weighted by Gasteiger charge is -2.27. The second kappa shape index (κ2) is 8.37. The molecule has 0 bridgehead atoms. The molecule has 0 spiro atoms. The maximum atomic E-state index is 9.63. The Kier molecular flexibility index (Phi) is 5.52. The molecular formula is C25H30N6O2. The molecule has 4 heterocycles. The zero-order chi connectivity index (χ0) is 23.2. The van der Waals surface area contributed by atoms with Gasteiger partial charge in [0.15, 0.2) is 11.5 Å². The fourth-order valence-corrected chi connectivity index (χ4v) is 4.52. The van der Waals surface area contributed by atoms with Crippen molar-refractivity contribution in [2.75, 3.05) is 19.7 Å². The average Bonchev–Trinajstić information content (AvgIpc) is 3.42. The Hall–Kier alpha value is -3.07. The summed E-state index contributed by atoms with van der Waals surface area (Å²) >= 11 is 0. The number of ether oxygens (including phenoxy) is 1. The number of nitrogens with two attached hydrogens (primary N) is 1. The molecule has 1 aliphatic rings. The Balaban J connectivity index is 1.52. The number of aliphatic hydroxyl groups excluding tert-OH is 1. The zero-order valence-electron chi connectivity index (χ0n) is 19.3. The normalized spacial score (nSPS) is 20.2. The van der Waals surface area contributed by atoms with E-state index >= 15 is 0 Å². The van der Waals surface area contributed by atoms with Crippen molar-refractivity contribution in [3.63, 3.8) is 0 Å². The summed E-state index contributed by atoms with van der Waals surface area (Å²) in [5.74, 6) is 1.45. The van der Waals surface area contributed by atoms with Gasteiger partial charge in [-0.15, -0.1) is 10.2 Å². The van der Waals surface area contributed by atoms with E-state index in [1.165, 1.54) is 0 Å². The summed E-state index contributed by atoms with van der Waals surface area (Å²) in [6.07, 6.45) is 2.92. The number of aliphatic hydroxyl groups is 1. The molecule has 1 unspecified atom stereocenters. The summed E-state index contributed by atoms with van der Waals surface area (Å²) in [7, 11) is 0. The second-order valence-electron chi connectivity index (χ2n) is 9.32. The van der Waals surface area contributed by atoms with Crippen LogP contribution < -0.4 is 10.5 Å². The molecule has 1 saturated heterocycles. The monoisotopic (exact) mass is 446 g/mol. The molecule has 0 saturated carbocycles. The molecule has 0 amide bonds. The molecule has 3 N–H and O–H groups in total. The lowest BCUT2D eigenvalue weighted by molar-refractivity contribution is 0.180. The summed E-state index contributed by atoms with van der Waals surface area (Å²) in [6, 6.07) is 14.2. The van der Waals surface area contributed by atoms with E-state index in [0.717, 1.165) is 46.5 Å². The number of rotatable bonds is 6. The van der Waals surface area contributed by atoms with E-state index in [1.54, 1.807) is 0 Å². The first kappa shape index (κ1) is 21.8. The molecule has 4 aromatic rings. The van der Waals surface area contributed by atoms with Crippen LogP contribution in [-0.4, -0.2) is 60.9 Å². The van der Waals surface area contributed by atoms with Crippen LogP contribution in [0.1, 0.15) is 38.8 Å². The first-order valence-electron chi connectivity index (χ1n) is 11.4. The smallest absolute Gasteiger partial charge is 0.187 e. The van der Waals surface area contributed by atoms with Crippen molar-refractivity contribution in [2.24, 2.45) is 5.73 Å². The zero-order valence-corrected chi connectivity index (χ0v) is 19.3. The van der Waals surface area contributed by atoms with E-state index in [1.807, 2.05) is 54.6 Å². The predicted molar refractivity (Wildman–Crippen MR) is 128 cm³/mol. The van der Waals surface area contributed by atoms with Crippen LogP contribution in [0.25, 0.3) is 28.1 Å². The minimum Gasteiger partial charge on any atom is -0.489 e. The quantitative estimate of drug-likeness (QED) is 0.469. The number of para-hydroxylation sites is 1. The van der Waals surface area contributed by atoms with Crippen LogP contribution in [0.5, 0.6) is 5.75 Å². The van der Waals surface area contributed by atoms with E-state index in [-0.39, 0.29) is 18.8 Å². The van der Waals surface area contributed by atoms with E-state index in [4.69, 9.17) is 15.5 Å².